The predicted molar refractivity (Wildman–Crippen MR) is 118 cm³/mol. The summed E-state index contributed by atoms with van der Waals surface area (Å²) in [5.41, 5.74) is 0. The first-order valence-corrected chi connectivity index (χ1v) is 14.0. The molecule has 0 radical (unpaired) electrons. The highest BCUT2D eigenvalue weighted by atomic mass is 28.4. The van der Waals surface area contributed by atoms with E-state index in [0.717, 1.165) is 0 Å². The minimum absolute atomic E-state index is 0.0869. The van der Waals surface area contributed by atoms with Crippen molar-refractivity contribution < 1.29 is 28.2 Å². The van der Waals surface area contributed by atoms with E-state index < -0.39 is 20.3 Å². The van der Waals surface area contributed by atoms with Gasteiger partial charge in [-0.2, -0.15) is 0 Å². The molecule has 0 amide bonds. The quantitative estimate of drug-likeness (QED) is 0.457. The van der Waals surface area contributed by atoms with Crippen LogP contribution < -0.4 is 0 Å². The predicted octanol–water partition coefficient (Wildman–Crippen LogP) is 3.89. The SMILES string of the molecule is CCOC(=O)C[C@H]1[C@@H]2OC(C)(C)O[C@@H]2[C@@H](CO[Si](C)(C)C(C)(C)C)O[C@H]1n1ccnc1. The molecular formula is C22H38N2O6Si. The molecule has 8 nitrogen and oxygen atoms in total. The topological polar surface area (TPSA) is 81.0 Å². The van der Waals surface area contributed by atoms with Crippen molar-refractivity contribution in [3.05, 3.63) is 18.7 Å². The van der Waals surface area contributed by atoms with Gasteiger partial charge in [0.05, 0.1) is 32.1 Å². The maximum Gasteiger partial charge on any atom is 0.306 e. The van der Waals surface area contributed by atoms with Gasteiger partial charge in [0, 0.05) is 18.3 Å². The summed E-state index contributed by atoms with van der Waals surface area (Å²) in [5.74, 6) is -1.32. The lowest BCUT2D eigenvalue weighted by Gasteiger charge is -2.44. The van der Waals surface area contributed by atoms with Crippen molar-refractivity contribution in [1.29, 1.82) is 0 Å². The Bertz CT molecular complexity index is 746. The minimum Gasteiger partial charge on any atom is -0.466 e. The van der Waals surface area contributed by atoms with E-state index >= 15 is 0 Å². The van der Waals surface area contributed by atoms with Gasteiger partial charge in [-0.15, -0.1) is 0 Å². The molecule has 9 heteroatoms. The van der Waals surface area contributed by atoms with Gasteiger partial charge in [-0.05, 0) is 38.9 Å². The van der Waals surface area contributed by atoms with Gasteiger partial charge >= 0.3 is 5.97 Å². The van der Waals surface area contributed by atoms with E-state index in [1.807, 2.05) is 24.6 Å². The number of carbonyl (C=O) groups excluding carboxylic acids is 1. The Hall–Kier alpha value is -1.26. The number of imidazole rings is 1. The Morgan fingerprint density at radius 2 is 1.90 bits per heavy atom. The number of rotatable bonds is 7. The first kappa shape index (κ1) is 24.4. The Morgan fingerprint density at radius 1 is 1.23 bits per heavy atom. The smallest absolute Gasteiger partial charge is 0.306 e. The average Bonchev–Trinajstić information content (AvgIpc) is 3.27. The monoisotopic (exact) mass is 454 g/mol. The number of fused-ring (bicyclic) bond motifs is 1. The summed E-state index contributed by atoms with van der Waals surface area (Å²) in [4.78, 5) is 16.6. The van der Waals surface area contributed by atoms with E-state index in [2.05, 4.69) is 38.8 Å². The van der Waals surface area contributed by atoms with Gasteiger partial charge in [0.25, 0.3) is 0 Å². The lowest BCUT2D eigenvalue weighted by Crippen LogP contribution is -2.54. The normalized spacial score (nSPS) is 30.8. The van der Waals surface area contributed by atoms with Gasteiger partial charge < -0.3 is 27.9 Å². The number of hydrogen-bond acceptors (Lipinski definition) is 7. The van der Waals surface area contributed by atoms with Gasteiger partial charge in [-0.25, -0.2) is 4.98 Å². The molecule has 3 heterocycles. The molecule has 3 rings (SSSR count). The second-order valence-corrected chi connectivity index (χ2v) is 15.2. The summed E-state index contributed by atoms with van der Waals surface area (Å²) in [7, 11) is -1.98. The van der Waals surface area contributed by atoms with Gasteiger partial charge in [0.2, 0.25) is 0 Å². The third kappa shape index (κ3) is 5.39. The highest BCUT2D eigenvalue weighted by Crippen LogP contribution is 2.46. The highest BCUT2D eigenvalue weighted by molar-refractivity contribution is 6.74. The van der Waals surface area contributed by atoms with Crippen LogP contribution in [-0.4, -0.2) is 61.2 Å². The van der Waals surface area contributed by atoms with E-state index in [1.165, 1.54) is 0 Å². The Balaban J connectivity index is 1.88. The van der Waals surface area contributed by atoms with Crippen LogP contribution in [0.3, 0.4) is 0 Å². The number of aromatic nitrogens is 2. The molecule has 1 aromatic heterocycles. The van der Waals surface area contributed by atoms with Crippen molar-refractivity contribution in [2.45, 2.75) is 96.4 Å². The molecule has 0 unspecified atom stereocenters. The Labute approximate surface area is 186 Å². The molecule has 2 aliphatic heterocycles. The van der Waals surface area contributed by atoms with Crippen LogP contribution in [0.1, 0.15) is 54.2 Å². The minimum atomic E-state index is -1.98. The zero-order chi connectivity index (χ0) is 23.0. The summed E-state index contributed by atoms with van der Waals surface area (Å²) in [6, 6.07) is 0. The Morgan fingerprint density at radius 3 is 2.48 bits per heavy atom. The summed E-state index contributed by atoms with van der Waals surface area (Å²) >= 11 is 0. The maximum absolute atomic E-state index is 12.4. The first-order valence-electron chi connectivity index (χ1n) is 11.1. The number of nitrogens with zero attached hydrogens (tertiary/aromatic N) is 2. The molecule has 2 aliphatic rings. The van der Waals surface area contributed by atoms with Crippen LogP contribution in [0.4, 0.5) is 0 Å². The van der Waals surface area contributed by atoms with Gasteiger partial charge in [-0.1, -0.05) is 20.8 Å². The van der Waals surface area contributed by atoms with Crippen LogP contribution in [0.15, 0.2) is 18.7 Å². The average molecular weight is 455 g/mol. The van der Waals surface area contributed by atoms with E-state index in [-0.39, 0.29) is 41.7 Å². The summed E-state index contributed by atoms with van der Waals surface area (Å²) in [5, 5.41) is 0.0869. The summed E-state index contributed by atoms with van der Waals surface area (Å²) < 4.78 is 32.7. The number of hydrogen-bond donors (Lipinski definition) is 0. The van der Waals surface area contributed by atoms with Crippen LogP contribution in [0.2, 0.25) is 18.1 Å². The van der Waals surface area contributed by atoms with Gasteiger partial charge in [0.15, 0.2) is 14.1 Å². The summed E-state index contributed by atoms with van der Waals surface area (Å²) in [6.45, 7) is 17.4. The lowest BCUT2D eigenvalue weighted by molar-refractivity contribution is -0.203. The van der Waals surface area contributed by atoms with Crippen LogP contribution in [-0.2, 0) is 28.2 Å². The number of esters is 1. The molecule has 0 N–H and O–H groups in total. The molecule has 0 saturated carbocycles. The molecule has 0 aliphatic carbocycles. The molecule has 5 atom stereocenters. The van der Waals surface area contributed by atoms with E-state index in [0.29, 0.717) is 13.2 Å². The summed E-state index contributed by atoms with van der Waals surface area (Å²) in [6.07, 6.45) is 4.00. The molecule has 31 heavy (non-hydrogen) atoms. The largest absolute Gasteiger partial charge is 0.466 e. The standard InChI is InChI=1S/C22H38N2O6Si/c1-9-26-17(25)12-15-18-19(30-22(5,6)29-18)16(13-27-31(7,8)21(2,3)4)28-20(15)24-11-10-23-14-24/h10-11,14-16,18-20H,9,12-13H2,1-8H3/t15-,16+,18-,19+,20+/m0/s1. The number of ether oxygens (including phenoxy) is 4. The Kier molecular flexibility index (Phi) is 7.03. The third-order valence-corrected chi connectivity index (χ3v) is 11.1. The van der Waals surface area contributed by atoms with E-state index in [4.69, 9.17) is 23.4 Å². The molecule has 0 bridgehead atoms. The molecule has 2 fully saturated rings. The van der Waals surface area contributed by atoms with Crippen molar-refractivity contribution in [2.75, 3.05) is 13.2 Å². The van der Waals surface area contributed by atoms with E-state index in [9.17, 15) is 4.79 Å². The molecule has 1 aromatic rings. The number of carbonyl (C=O) groups is 1. The van der Waals surface area contributed by atoms with Crippen molar-refractivity contribution in [2.24, 2.45) is 5.92 Å². The van der Waals surface area contributed by atoms with Crippen LogP contribution in [0.25, 0.3) is 0 Å². The first-order chi connectivity index (χ1) is 14.3. The zero-order valence-electron chi connectivity index (χ0n) is 20.1. The fourth-order valence-corrected chi connectivity index (χ4v) is 4.95. The van der Waals surface area contributed by atoms with Crippen LogP contribution >= 0.6 is 0 Å². The van der Waals surface area contributed by atoms with Gasteiger partial charge in [-0.3, -0.25) is 4.79 Å². The fraction of sp³-hybridized carbons (Fsp3) is 0.818. The lowest BCUT2D eigenvalue weighted by atomic mass is 9.87. The third-order valence-electron chi connectivity index (χ3n) is 6.57. The molecular weight excluding hydrogens is 416 g/mol. The maximum atomic E-state index is 12.4. The van der Waals surface area contributed by atoms with Crippen molar-refractivity contribution >= 4 is 14.3 Å². The van der Waals surface area contributed by atoms with Crippen molar-refractivity contribution in [3.8, 4) is 0 Å². The van der Waals surface area contributed by atoms with Gasteiger partial charge in [0.1, 0.15) is 18.4 Å². The molecule has 176 valence electrons. The van der Waals surface area contributed by atoms with Crippen LogP contribution in [0.5, 0.6) is 0 Å². The van der Waals surface area contributed by atoms with Crippen molar-refractivity contribution in [1.82, 2.24) is 9.55 Å². The molecule has 2 saturated heterocycles. The molecule has 0 aromatic carbocycles. The van der Waals surface area contributed by atoms with Crippen LogP contribution in [0, 0.1) is 5.92 Å². The fourth-order valence-electron chi connectivity index (χ4n) is 3.94. The van der Waals surface area contributed by atoms with E-state index in [1.54, 1.807) is 19.4 Å². The molecule has 0 spiro atoms. The highest BCUT2D eigenvalue weighted by Gasteiger charge is 2.56. The van der Waals surface area contributed by atoms with Crippen molar-refractivity contribution in [3.63, 3.8) is 0 Å². The second-order valence-electron chi connectivity index (χ2n) is 10.4. The second kappa shape index (κ2) is 8.94. The zero-order valence-corrected chi connectivity index (χ0v) is 21.1.